The Kier molecular flexibility index (Phi) is 27.6. The molecule has 0 radical (unpaired) electrons. The van der Waals surface area contributed by atoms with Crippen molar-refractivity contribution in [1.29, 1.82) is 0 Å². The van der Waals surface area contributed by atoms with Crippen LogP contribution in [0.15, 0.2) is 194 Å². The maximum Gasteiger partial charge on any atom is 0.323 e. The van der Waals surface area contributed by atoms with E-state index in [4.69, 9.17) is 23.7 Å². The number of carboxylic acid groups (broad SMARTS) is 1. The number of nitrogens with zero attached hydrogens (tertiary/aromatic N) is 6. The number of aromatic nitrogens is 2. The summed E-state index contributed by atoms with van der Waals surface area (Å²) in [7, 11) is 2.14. The summed E-state index contributed by atoms with van der Waals surface area (Å²) in [5, 5.41) is 24.3. The average Bonchev–Trinajstić information content (AvgIpc) is 1.62. The van der Waals surface area contributed by atoms with Crippen molar-refractivity contribution in [2.75, 3.05) is 67.9 Å². The largest absolute Gasteiger partial charge is 0.480 e. The Hall–Kier alpha value is -14.6. The molecule has 2 aromatic heterocycles. The topological polar surface area (TPSA) is 436 Å². The second-order valence-electron chi connectivity index (χ2n) is 28.4. The number of piperidine rings is 2. The van der Waals surface area contributed by atoms with Crippen LogP contribution < -0.4 is 53.6 Å². The monoisotopic (exact) mass is 1610 g/mol. The van der Waals surface area contributed by atoms with Crippen LogP contribution >= 0.6 is 0 Å². The molecule has 0 spiro atoms. The van der Waals surface area contributed by atoms with Gasteiger partial charge in [-0.05, 0) is 128 Å². The molecule has 6 heterocycles. The number of benzene rings is 8. The molecule has 8 aromatic carbocycles. The third-order valence-electron chi connectivity index (χ3n) is 20.4. The van der Waals surface area contributed by atoms with E-state index in [-0.39, 0.29) is 84.1 Å². The minimum absolute atomic E-state index is 0.0209. The number of halogens is 1. The Morgan fingerprint density at radius 2 is 0.916 bits per heavy atom. The van der Waals surface area contributed by atoms with E-state index in [1.54, 1.807) is 36.2 Å². The number of Topliss-reactive ketones (excluding diaryl/α,β-unsaturated/α-hetero) is 2. The second kappa shape index (κ2) is 39.2. The lowest BCUT2D eigenvalue weighted by atomic mass is 9.98. The molecule has 2 saturated heterocycles. The number of primary amides is 2. The van der Waals surface area contributed by atoms with Gasteiger partial charge in [0.2, 0.25) is 29.5 Å². The summed E-state index contributed by atoms with van der Waals surface area (Å²) >= 11 is 0. The first kappa shape index (κ1) is 83.9. The zero-order valence-corrected chi connectivity index (χ0v) is 65.1. The summed E-state index contributed by atoms with van der Waals surface area (Å²) in [6, 6.07) is 53.0. The van der Waals surface area contributed by atoms with Crippen LogP contribution in [0.25, 0.3) is 44.1 Å². The van der Waals surface area contributed by atoms with Crippen LogP contribution in [0.4, 0.5) is 38.5 Å². The van der Waals surface area contributed by atoms with Crippen molar-refractivity contribution < 1.29 is 78.0 Å². The summed E-state index contributed by atoms with van der Waals surface area (Å²) in [6.45, 7) is 0.633. The highest BCUT2D eigenvalue weighted by Gasteiger charge is 2.48. The lowest BCUT2D eigenvalue weighted by molar-refractivity contribution is -0.137. The van der Waals surface area contributed by atoms with Crippen molar-refractivity contribution in [3.05, 3.63) is 239 Å². The van der Waals surface area contributed by atoms with Crippen LogP contribution in [0.1, 0.15) is 161 Å². The van der Waals surface area contributed by atoms with Crippen molar-refractivity contribution in [3.63, 3.8) is 0 Å². The molecule has 2 unspecified atom stereocenters. The first-order chi connectivity index (χ1) is 57.8. The summed E-state index contributed by atoms with van der Waals surface area (Å²) in [5.74, 6) is -7.13. The quantitative estimate of drug-likeness (QED) is 0.0119. The van der Waals surface area contributed by atoms with Crippen molar-refractivity contribution in [3.8, 4) is 22.3 Å². The molecule has 0 bridgehead atoms. The number of hydrogen-bond acceptors (Lipinski definition) is 21. The molecular formula is C89H87FN14O15. The van der Waals surface area contributed by atoms with E-state index in [2.05, 4.69) is 36.6 Å². The van der Waals surface area contributed by atoms with Gasteiger partial charge in [-0.3, -0.25) is 102 Å². The van der Waals surface area contributed by atoms with Gasteiger partial charge < -0.3 is 48.1 Å². The van der Waals surface area contributed by atoms with Gasteiger partial charge in [-0.1, -0.05) is 134 Å². The number of unbranched alkanes of at least 4 members (excludes halogenated alkanes) is 4. The van der Waals surface area contributed by atoms with Crippen LogP contribution in [-0.2, 0) is 28.8 Å². The van der Waals surface area contributed by atoms with Crippen molar-refractivity contribution in [2.24, 2.45) is 17.2 Å². The fourth-order valence-corrected chi connectivity index (χ4v) is 14.4. The predicted molar refractivity (Wildman–Crippen MR) is 446 cm³/mol. The van der Waals surface area contributed by atoms with Gasteiger partial charge in [0.05, 0.1) is 82.2 Å². The van der Waals surface area contributed by atoms with Gasteiger partial charge in [0, 0.05) is 92.0 Å². The third-order valence-corrected chi connectivity index (χ3v) is 20.4. The molecule has 4 aliphatic heterocycles. The van der Waals surface area contributed by atoms with Gasteiger partial charge >= 0.3 is 5.97 Å². The number of carbonyl (C=O) groups is 14. The maximum absolute atomic E-state index is 13.4. The van der Waals surface area contributed by atoms with Gasteiger partial charge in [-0.25, -0.2) is 0 Å². The molecule has 14 rings (SSSR count). The molecule has 0 saturated carbocycles. The Morgan fingerprint density at radius 3 is 1.31 bits per heavy atom. The first-order valence-electron chi connectivity index (χ1n) is 39.0. The number of aliphatic carboxylic acids is 1. The van der Waals surface area contributed by atoms with Gasteiger partial charge in [-0.15, -0.1) is 0 Å². The van der Waals surface area contributed by atoms with Gasteiger partial charge in [0.15, 0.2) is 11.6 Å². The number of imide groups is 4. The number of hydrogen-bond donors (Lipinski definition) is 9. The molecule has 119 heavy (non-hydrogen) atoms. The number of fused-ring (bicyclic) bond motifs is 4. The van der Waals surface area contributed by atoms with E-state index in [0.717, 1.165) is 91.0 Å². The molecular weight excluding hydrogens is 1520 g/mol. The number of carboxylic acids is 1. The molecule has 4 aliphatic rings. The summed E-state index contributed by atoms with van der Waals surface area (Å²) < 4.78 is 15.5. The van der Waals surface area contributed by atoms with E-state index in [0.29, 0.717) is 78.2 Å². The molecule has 29 nitrogen and oxygen atoms in total. The smallest absolute Gasteiger partial charge is 0.323 e. The fourth-order valence-electron chi connectivity index (χ4n) is 14.4. The number of pyridine rings is 2. The minimum Gasteiger partial charge on any atom is -0.480 e. The minimum atomic E-state index is -1.08. The van der Waals surface area contributed by atoms with Gasteiger partial charge in [0.1, 0.15) is 18.6 Å². The Morgan fingerprint density at radius 1 is 0.513 bits per heavy atom. The van der Waals surface area contributed by atoms with E-state index in [1.807, 2.05) is 146 Å². The normalized spacial score (nSPS) is 14.7. The van der Waals surface area contributed by atoms with Crippen molar-refractivity contribution in [1.82, 2.24) is 35.7 Å². The SMILES string of the molecule is CN(CC(=O)NCCCCCC(=O)c1ccc(-c2ccc3c(Nc4ccccc4)c(C(N)=O)cnc3c2)cc1)c1cccc2c1C(=O)N(C1CCC(=O)NC1=O)C2=O.CN(CC(=O)O)c1cccc2c1C(=O)N(C1CCC(=O)NC1=O)C2=O.NCCCCCC(=O)c1ccc(-c2ccc3c(Nc4ccccc4)c(C(N)=O)cnc3c2)cc1.[2H]CF. The first-order valence-corrected chi connectivity index (χ1v) is 38.3. The molecule has 12 N–H and O–H groups in total. The number of para-hydroxylation sites is 2. The van der Waals surface area contributed by atoms with Gasteiger partial charge in [0.25, 0.3) is 35.4 Å². The number of carbonyl (C=O) groups excluding carboxylic acids is 13. The Labute approximate surface area is 684 Å². The number of amides is 11. The lowest BCUT2D eigenvalue weighted by Crippen LogP contribution is -2.54. The van der Waals surface area contributed by atoms with Crippen molar-refractivity contribution in [2.45, 2.75) is 89.1 Å². The summed E-state index contributed by atoms with van der Waals surface area (Å²) in [5.41, 5.74) is 27.9. The molecule has 11 amide bonds. The summed E-state index contributed by atoms with van der Waals surface area (Å²) in [6.07, 6.45) is 8.88. The van der Waals surface area contributed by atoms with E-state index >= 15 is 0 Å². The highest BCUT2D eigenvalue weighted by molar-refractivity contribution is 6.27. The van der Waals surface area contributed by atoms with E-state index < -0.39 is 84.3 Å². The fraction of sp³-hybridized carbons (Fsp3) is 0.236. The number of likely N-dealkylation sites (N-methyl/N-ethyl adjacent to an activating group) is 2. The molecule has 0 aliphatic carbocycles. The Balaban J connectivity index is 0.000000191. The molecule has 2 atom stereocenters. The van der Waals surface area contributed by atoms with Gasteiger partial charge in [-0.2, -0.15) is 0 Å². The number of rotatable bonds is 29. The van der Waals surface area contributed by atoms with E-state index in [9.17, 15) is 71.5 Å². The number of ketones is 2. The molecule has 30 heteroatoms. The van der Waals surface area contributed by atoms with E-state index in [1.165, 1.54) is 36.5 Å². The number of anilines is 6. The van der Waals surface area contributed by atoms with Crippen LogP contribution in [-0.4, -0.2) is 167 Å². The maximum atomic E-state index is 13.4. The standard InChI is InChI=1S/C44H41N7O7.C28H28N4O2.C16H15N3O6.CH3F/c1-50(34-12-8-11-31-39(34)44(58)51(43(31)57)35-20-21-37(53)49-42(35)56)25-38(54)46-22-7-3-6-13-36(52)27-16-14-26(15-17-27)28-18-19-30-33(23-28)47-24-32(41(45)55)40(30)48-29-9-4-2-5-10-29;29-16-6-2-5-9-26(33)20-12-10-19(11-13-20)21-14-15-23-25(17-21)31-18-24(28(30)34)27(23)32-22-7-3-1-4-8-22;1-18(7-12(21)22)9-4-2-3-8-13(9)16(25)19(15(8)24)10-5-6-11(20)17-14(10)23;1-2/h2,4-5,8-12,14-19,23-24,35H,3,6-7,13,20-22,25H2,1H3,(H2,45,55)(H,46,54)(H,47,48)(H,49,53,56);1,3-4,7-8,10-15,17-18H,2,5-6,9,16,29H2,(H2,30,34)(H,31,32);2-4,10H,5-7H2,1H3,(H,21,22)(H,17,20,23);1H3/i;;;1D. The highest BCUT2D eigenvalue weighted by Crippen LogP contribution is 2.39. The molecule has 10 aromatic rings. The van der Waals surface area contributed by atoms with Crippen LogP contribution in [0.2, 0.25) is 0 Å². The number of nitrogens with two attached hydrogens (primary N) is 3. The highest BCUT2D eigenvalue weighted by atomic mass is 19.1. The Bertz CT molecular complexity index is 5640. The third kappa shape index (κ3) is 20.0. The average molecular weight is 1610 g/mol. The number of alkyl halides is 1. The predicted octanol–water partition coefficient (Wildman–Crippen LogP) is 10.8. The molecule has 610 valence electrons. The summed E-state index contributed by atoms with van der Waals surface area (Å²) in [4.78, 5) is 186. The number of nitrogens with one attached hydrogen (secondary N) is 5. The van der Waals surface area contributed by atoms with Crippen molar-refractivity contribution >= 4 is 138 Å². The van der Waals surface area contributed by atoms with Crippen LogP contribution in [0.5, 0.6) is 0 Å². The zero-order chi connectivity index (χ0) is 85.8. The van der Waals surface area contributed by atoms with Crippen LogP contribution in [0, 0.1) is 0 Å². The molecule has 2 fully saturated rings. The second-order valence-corrected chi connectivity index (χ2v) is 28.4. The lowest BCUT2D eigenvalue weighted by Gasteiger charge is -2.28. The van der Waals surface area contributed by atoms with Crippen LogP contribution in [0.3, 0.4) is 0 Å². The zero-order valence-electron chi connectivity index (χ0n) is 66.1.